The van der Waals surface area contributed by atoms with Crippen LogP contribution in [-0.2, 0) is 18.6 Å². The maximum Gasteiger partial charge on any atom is 0.131 e. The molecule has 5 heteroatoms. The zero-order valence-electron chi connectivity index (χ0n) is 21.7. The van der Waals surface area contributed by atoms with Crippen molar-refractivity contribution in [1.82, 2.24) is 9.88 Å². The molecule has 2 aliphatic heterocycles. The number of fused-ring (bicyclic) bond motifs is 2. The average Bonchev–Trinajstić information content (AvgIpc) is 3.03. The van der Waals surface area contributed by atoms with Crippen LogP contribution in [0, 0.1) is 5.41 Å². The van der Waals surface area contributed by atoms with Gasteiger partial charge >= 0.3 is 0 Å². The Hall–Kier alpha value is -2.92. The van der Waals surface area contributed by atoms with Crippen molar-refractivity contribution in [2.24, 2.45) is 5.41 Å². The van der Waals surface area contributed by atoms with E-state index in [1.165, 1.54) is 5.57 Å². The van der Waals surface area contributed by atoms with Gasteiger partial charge in [0, 0.05) is 53.3 Å². The maximum atomic E-state index is 11.7. The van der Waals surface area contributed by atoms with Crippen molar-refractivity contribution in [3.63, 3.8) is 0 Å². The predicted octanol–water partition coefficient (Wildman–Crippen LogP) is 6.80. The largest absolute Gasteiger partial charge is 0.487 e. The molecule has 1 fully saturated rings. The number of aliphatic hydroxyl groups is 1. The molecule has 3 heterocycles. The summed E-state index contributed by atoms with van der Waals surface area (Å²) in [6, 6.07) is 20.2. The summed E-state index contributed by atoms with van der Waals surface area (Å²) in [6.45, 7) is 11.2. The number of hydrogen-bond donors (Lipinski definition) is 1. The van der Waals surface area contributed by atoms with Crippen LogP contribution < -0.4 is 4.74 Å². The Labute approximate surface area is 225 Å². The minimum Gasteiger partial charge on any atom is -0.487 e. The first-order valence-corrected chi connectivity index (χ1v) is 13.4. The Kier molecular flexibility index (Phi) is 7.26. The van der Waals surface area contributed by atoms with Gasteiger partial charge in [-0.05, 0) is 48.2 Å². The molecule has 1 aromatic heterocycles. The molecular weight excluding hydrogens is 480 g/mol. The van der Waals surface area contributed by atoms with Gasteiger partial charge in [0.05, 0.1) is 11.3 Å². The van der Waals surface area contributed by atoms with Crippen LogP contribution in [0.1, 0.15) is 54.8 Å². The van der Waals surface area contributed by atoms with E-state index in [0.717, 1.165) is 66.3 Å². The fourth-order valence-corrected chi connectivity index (χ4v) is 5.89. The summed E-state index contributed by atoms with van der Waals surface area (Å²) in [5.41, 5.74) is 5.16. The van der Waals surface area contributed by atoms with Crippen molar-refractivity contribution in [2.45, 2.75) is 45.3 Å². The molecule has 1 unspecified atom stereocenters. The number of piperidine rings is 1. The fourth-order valence-electron chi connectivity index (χ4n) is 5.76. The lowest BCUT2D eigenvalue weighted by Gasteiger charge is -2.50. The number of hydrogen-bond acceptors (Lipinski definition) is 4. The van der Waals surface area contributed by atoms with Gasteiger partial charge in [-0.1, -0.05) is 74.0 Å². The standard InChI is InChI=1S/C32H35ClN2O2/c1-4-8-25-16-17-27-26(28-9-5-6-11-30(28)37-21-29(27)34-25)10-7-19-35-20-18-32(36,31(2,3)22-35)23-12-14-24(33)15-13-23/h4-6,9-17,36H,1,7-8,18-22H2,2-3H3. The first kappa shape index (κ1) is 25.7. The summed E-state index contributed by atoms with van der Waals surface area (Å²) in [7, 11) is 0. The Morgan fingerprint density at radius 3 is 2.62 bits per heavy atom. The van der Waals surface area contributed by atoms with Crippen molar-refractivity contribution >= 4 is 17.2 Å². The zero-order valence-corrected chi connectivity index (χ0v) is 22.5. The van der Waals surface area contributed by atoms with E-state index in [9.17, 15) is 5.11 Å². The molecule has 2 aliphatic rings. The molecule has 0 spiro atoms. The van der Waals surface area contributed by atoms with Crippen molar-refractivity contribution < 1.29 is 9.84 Å². The number of likely N-dealkylation sites (tertiary alicyclic amines) is 1. The van der Waals surface area contributed by atoms with Gasteiger partial charge in [-0.3, -0.25) is 4.98 Å². The smallest absolute Gasteiger partial charge is 0.131 e. The van der Waals surface area contributed by atoms with Crippen LogP contribution in [-0.4, -0.2) is 34.6 Å². The quantitative estimate of drug-likeness (QED) is 0.367. The van der Waals surface area contributed by atoms with Crippen LogP contribution in [0.4, 0.5) is 0 Å². The molecule has 0 bridgehead atoms. The second-order valence-corrected chi connectivity index (χ2v) is 11.2. The van der Waals surface area contributed by atoms with Crippen LogP contribution in [0.5, 0.6) is 5.75 Å². The average molecular weight is 515 g/mol. The maximum absolute atomic E-state index is 11.7. The highest BCUT2D eigenvalue weighted by Gasteiger charge is 2.48. The lowest BCUT2D eigenvalue weighted by atomic mass is 9.66. The number of halogens is 1. The summed E-state index contributed by atoms with van der Waals surface area (Å²) in [4.78, 5) is 7.35. The van der Waals surface area contributed by atoms with E-state index >= 15 is 0 Å². The number of pyridine rings is 1. The van der Waals surface area contributed by atoms with E-state index in [-0.39, 0.29) is 5.41 Å². The minimum atomic E-state index is -0.877. The molecule has 1 saturated heterocycles. The molecular formula is C32H35ClN2O2. The van der Waals surface area contributed by atoms with E-state index in [2.05, 4.69) is 55.7 Å². The summed E-state index contributed by atoms with van der Waals surface area (Å²) in [6.07, 6.45) is 6.53. The summed E-state index contributed by atoms with van der Waals surface area (Å²) >= 11 is 6.10. The number of rotatable bonds is 6. The van der Waals surface area contributed by atoms with Gasteiger partial charge in [-0.25, -0.2) is 0 Å². The Bertz CT molecular complexity index is 1310. The summed E-state index contributed by atoms with van der Waals surface area (Å²) in [5, 5.41) is 12.4. The topological polar surface area (TPSA) is 45.6 Å². The van der Waals surface area contributed by atoms with Crippen molar-refractivity contribution in [1.29, 1.82) is 0 Å². The Balaban J connectivity index is 1.36. The van der Waals surface area contributed by atoms with E-state index in [1.807, 2.05) is 42.5 Å². The lowest BCUT2D eigenvalue weighted by Crippen LogP contribution is -2.55. The molecule has 1 N–H and O–H groups in total. The SMILES string of the molecule is C=CCc1ccc2c(n1)COc1ccccc1C2=CCCN1CCC(O)(c2ccc(Cl)cc2)C(C)(C)C1. The Morgan fingerprint density at radius 1 is 1.08 bits per heavy atom. The van der Waals surface area contributed by atoms with E-state index in [0.29, 0.717) is 18.1 Å². The lowest BCUT2D eigenvalue weighted by molar-refractivity contribution is -0.125. The number of nitrogens with zero attached hydrogens (tertiary/aromatic N) is 2. The monoisotopic (exact) mass is 514 g/mol. The summed E-state index contributed by atoms with van der Waals surface area (Å²) in [5.74, 6) is 0.893. The normalized spacial score (nSPS) is 22.0. The highest BCUT2D eigenvalue weighted by atomic mass is 35.5. The highest BCUT2D eigenvalue weighted by Crippen LogP contribution is 2.46. The highest BCUT2D eigenvalue weighted by molar-refractivity contribution is 6.30. The number of aromatic nitrogens is 1. The van der Waals surface area contributed by atoms with E-state index in [1.54, 1.807) is 0 Å². The number of benzene rings is 2. The third-order valence-electron chi connectivity index (χ3n) is 7.86. The molecule has 0 radical (unpaired) electrons. The summed E-state index contributed by atoms with van der Waals surface area (Å²) < 4.78 is 6.16. The van der Waals surface area contributed by atoms with Crippen molar-refractivity contribution in [3.05, 3.63) is 112 Å². The molecule has 0 aliphatic carbocycles. The van der Waals surface area contributed by atoms with Gasteiger partial charge in [0.1, 0.15) is 12.4 Å². The fraction of sp³-hybridized carbons (Fsp3) is 0.344. The zero-order chi connectivity index (χ0) is 26.0. The third-order valence-corrected chi connectivity index (χ3v) is 8.11. The molecule has 192 valence electrons. The van der Waals surface area contributed by atoms with Crippen LogP contribution in [0.25, 0.3) is 5.57 Å². The molecule has 0 saturated carbocycles. The van der Waals surface area contributed by atoms with Crippen molar-refractivity contribution in [2.75, 3.05) is 19.6 Å². The molecule has 2 aromatic carbocycles. The molecule has 3 aromatic rings. The van der Waals surface area contributed by atoms with Gasteiger partial charge in [-0.2, -0.15) is 0 Å². The molecule has 0 amide bonds. The molecule has 1 atom stereocenters. The van der Waals surface area contributed by atoms with Crippen LogP contribution in [0.15, 0.2) is 79.4 Å². The van der Waals surface area contributed by atoms with Gasteiger partial charge < -0.3 is 14.7 Å². The number of para-hydroxylation sites is 1. The second kappa shape index (κ2) is 10.4. The van der Waals surface area contributed by atoms with Gasteiger partial charge in [0.25, 0.3) is 0 Å². The predicted molar refractivity (Wildman–Crippen MR) is 151 cm³/mol. The molecule has 37 heavy (non-hydrogen) atoms. The minimum absolute atomic E-state index is 0.299. The first-order valence-electron chi connectivity index (χ1n) is 13.0. The number of allylic oxidation sites excluding steroid dienone is 1. The van der Waals surface area contributed by atoms with E-state index in [4.69, 9.17) is 21.3 Å². The van der Waals surface area contributed by atoms with Crippen LogP contribution in [0.2, 0.25) is 5.02 Å². The second-order valence-electron chi connectivity index (χ2n) is 10.8. The van der Waals surface area contributed by atoms with Gasteiger partial charge in [0.15, 0.2) is 0 Å². The molecule has 5 rings (SSSR count). The molecule has 4 nitrogen and oxygen atoms in total. The van der Waals surface area contributed by atoms with Crippen LogP contribution in [0.3, 0.4) is 0 Å². The number of ether oxygens (including phenoxy) is 1. The van der Waals surface area contributed by atoms with Gasteiger partial charge in [0.2, 0.25) is 0 Å². The van der Waals surface area contributed by atoms with Gasteiger partial charge in [-0.15, -0.1) is 6.58 Å². The van der Waals surface area contributed by atoms with E-state index < -0.39 is 5.60 Å². The Morgan fingerprint density at radius 2 is 1.86 bits per heavy atom. The van der Waals surface area contributed by atoms with Crippen molar-refractivity contribution in [3.8, 4) is 5.75 Å². The van der Waals surface area contributed by atoms with Crippen LogP contribution >= 0.6 is 11.6 Å². The first-order chi connectivity index (χ1) is 17.8. The third kappa shape index (κ3) is 5.11.